The van der Waals surface area contributed by atoms with E-state index >= 15 is 0 Å². The number of carboxylic acid groups (broad SMARTS) is 1. The third-order valence-corrected chi connectivity index (χ3v) is 5.66. The van der Waals surface area contributed by atoms with E-state index in [1.165, 1.54) is 27.0 Å². The maximum Gasteiger partial charge on any atom is 0.408 e. The van der Waals surface area contributed by atoms with E-state index < -0.39 is 23.5 Å². The predicted molar refractivity (Wildman–Crippen MR) is 123 cm³/mol. The molecular weight excluding hydrogens is 424 g/mol. The third-order valence-electron chi connectivity index (χ3n) is 5.66. The Bertz CT molecular complexity index is 1030. The highest BCUT2D eigenvalue weighted by atomic mass is 16.5. The van der Waals surface area contributed by atoms with Crippen LogP contribution >= 0.6 is 0 Å². The van der Waals surface area contributed by atoms with E-state index in [1.54, 1.807) is 0 Å². The fourth-order valence-electron chi connectivity index (χ4n) is 3.89. The van der Waals surface area contributed by atoms with Gasteiger partial charge in [-0.05, 0) is 36.1 Å². The number of hydrogen-bond donors (Lipinski definition) is 3. The van der Waals surface area contributed by atoms with Crippen molar-refractivity contribution in [3.05, 3.63) is 71.3 Å². The second-order valence-corrected chi connectivity index (χ2v) is 8.12. The summed E-state index contributed by atoms with van der Waals surface area (Å²) < 4.78 is 10.7. The number of ether oxygens (including phenoxy) is 2. The first-order chi connectivity index (χ1) is 15.8. The number of hydrogen-bond acceptors (Lipinski definition) is 5. The second kappa shape index (κ2) is 10.3. The summed E-state index contributed by atoms with van der Waals surface area (Å²) in [6.07, 6.45) is 0.629. The van der Waals surface area contributed by atoms with E-state index in [1.807, 2.05) is 36.4 Å². The first-order valence-electron chi connectivity index (χ1n) is 10.6. The molecule has 3 rings (SSSR count). The zero-order valence-corrected chi connectivity index (χ0v) is 18.9. The summed E-state index contributed by atoms with van der Waals surface area (Å²) in [5.74, 6) is -1.69. The van der Waals surface area contributed by atoms with Crippen molar-refractivity contribution in [3.63, 3.8) is 0 Å². The summed E-state index contributed by atoms with van der Waals surface area (Å²) >= 11 is 0. The van der Waals surface area contributed by atoms with Crippen molar-refractivity contribution in [2.45, 2.75) is 25.3 Å². The number of carbonyl (C=O) groups is 3. The van der Waals surface area contributed by atoms with Crippen molar-refractivity contribution in [1.82, 2.24) is 10.6 Å². The van der Waals surface area contributed by atoms with Gasteiger partial charge in [0.25, 0.3) is 0 Å². The molecular formula is C25H28N2O6. The summed E-state index contributed by atoms with van der Waals surface area (Å²) in [7, 11) is 1.42. The summed E-state index contributed by atoms with van der Waals surface area (Å²) in [4.78, 5) is 36.2. The van der Waals surface area contributed by atoms with Crippen LogP contribution in [0.3, 0.4) is 0 Å². The summed E-state index contributed by atoms with van der Waals surface area (Å²) in [6.45, 7) is 2.97. The van der Waals surface area contributed by atoms with Crippen molar-refractivity contribution in [2.75, 3.05) is 26.9 Å². The molecule has 1 aliphatic carbocycles. The number of benzene rings is 2. The number of fused-ring (bicyclic) bond motifs is 3. The minimum Gasteiger partial charge on any atom is -0.478 e. The number of rotatable bonds is 9. The zero-order valence-electron chi connectivity index (χ0n) is 18.9. The molecule has 8 heteroatoms. The molecule has 0 saturated heterocycles. The van der Waals surface area contributed by atoms with Gasteiger partial charge in [-0.1, -0.05) is 54.6 Å². The van der Waals surface area contributed by atoms with Gasteiger partial charge in [-0.2, -0.15) is 0 Å². The number of amides is 2. The molecule has 1 atom stereocenters. The molecule has 0 radical (unpaired) electrons. The van der Waals surface area contributed by atoms with Crippen molar-refractivity contribution >= 4 is 18.0 Å². The van der Waals surface area contributed by atoms with Gasteiger partial charge in [-0.15, -0.1) is 0 Å². The molecule has 0 bridgehead atoms. The van der Waals surface area contributed by atoms with Crippen LogP contribution in [0.15, 0.2) is 60.2 Å². The molecule has 0 fully saturated rings. The van der Waals surface area contributed by atoms with Gasteiger partial charge in [0.05, 0.1) is 6.61 Å². The molecule has 2 aromatic rings. The quantitative estimate of drug-likeness (QED) is 0.504. The smallest absolute Gasteiger partial charge is 0.408 e. The van der Waals surface area contributed by atoms with E-state index in [9.17, 15) is 14.4 Å². The lowest BCUT2D eigenvalue weighted by Gasteiger charge is -2.28. The summed E-state index contributed by atoms with van der Waals surface area (Å²) in [5.41, 5.74) is 3.12. The Hall–Kier alpha value is -3.65. The number of carbonyl (C=O) groups excluding carboxylic acids is 2. The van der Waals surface area contributed by atoms with Gasteiger partial charge in [-0.3, -0.25) is 4.79 Å². The minimum absolute atomic E-state index is 0.00262. The van der Waals surface area contributed by atoms with Gasteiger partial charge in [0, 0.05) is 25.1 Å². The number of carboxylic acids is 1. The molecule has 0 aliphatic heterocycles. The Labute approximate surface area is 192 Å². The van der Waals surface area contributed by atoms with E-state index in [2.05, 4.69) is 22.8 Å². The minimum atomic E-state index is -1.40. The highest BCUT2D eigenvalue weighted by Crippen LogP contribution is 2.44. The van der Waals surface area contributed by atoms with Gasteiger partial charge >= 0.3 is 12.1 Å². The molecule has 174 valence electrons. The molecule has 33 heavy (non-hydrogen) atoms. The molecule has 1 unspecified atom stereocenters. The lowest BCUT2D eigenvalue weighted by Crippen LogP contribution is -2.59. The largest absolute Gasteiger partial charge is 0.478 e. The molecule has 1 aliphatic rings. The van der Waals surface area contributed by atoms with Gasteiger partial charge in [-0.25, -0.2) is 9.59 Å². The van der Waals surface area contributed by atoms with Crippen molar-refractivity contribution < 1.29 is 29.0 Å². The monoisotopic (exact) mass is 452 g/mol. The van der Waals surface area contributed by atoms with Gasteiger partial charge in [0.15, 0.2) is 0 Å². The Balaban J connectivity index is 1.65. The van der Waals surface area contributed by atoms with Crippen molar-refractivity contribution in [1.29, 1.82) is 0 Å². The number of methoxy groups -OCH3 is 1. The lowest BCUT2D eigenvalue weighted by atomic mass is 9.98. The molecule has 0 aromatic heterocycles. The van der Waals surface area contributed by atoms with Crippen LogP contribution in [0.4, 0.5) is 4.79 Å². The molecule has 0 heterocycles. The molecule has 8 nitrogen and oxygen atoms in total. The van der Waals surface area contributed by atoms with Crippen LogP contribution in [0.1, 0.15) is 30.9 Å². The van der Waals surface area contributed by atoms with E-state index in [4.69, 9.17) is 14.6 Å². The number of nitrogens with one attached hydrogen (secondary N) is 2. The van der Waals surface area contributed by atoms with Crippen LogP contribution in [0.25, 0.3) is 11.1 Å². The molecule has 0 saturated carbocycles. The summed E-state index contributed by atoms with van der Waals surface area (Å²) in [6, 6.07) is 16.0. The van der Waals surface area contributed by atoms with E-state index in [-0.39, 0.29) is 31.2 Å². The molecule has 0 spiro atoms. The molecule has 2 aromatic carbocycles. The standard InChI is InChI=1S/C25H28N2O6/c1-16(22(28)29)12-13-26-23(30)25(2,15-32-3)27-24(31)33-14-21-19-10-6-4-8-17(19)18-9-5-7-11-20(18)21/h4-12,21H,13-15H2,1-3H3,(H,26,30)(H,27,31)(H,28,29)/b16-12+. The van der Waals surface area contributed by atoms with Crippen LogP contribution in [0.2, 0.25) is 0 Å². The normalized spacial score (nSPS) is 14.6. The average Bonchev–Trinajstić information content (AvgIpc) is 3.11. The Morgan fingerprint density at radius 1 is 1.06 bits per heavy atom. The van der Waals surface area contributed by atoms with Gasteiger partial charge < -0.3 is 25.2 Å². The zero-order chi connectivity index (χ0) is 24.0. The first kappa shape index (κ1) is 24.0. The Kier molecular flexibility index (Phi) is 7.50. The number of aliphatic carboxylic acids is 1. The van der Waals surface area contributed by atoms with Crippen LogP contribution in [-0.2, 0) is 19.1 Å². The second-order valence-electron chi connectivity index (χ2n) is 8.12. The lowest BCUT2D eigenvalue weighted by molar-refractivity contribution is -0.132. The molecule has 2 amide bonds. The van der Waals surface area contributed by atoms with Gasteiger partial charge in [0.2, 0.25) is 5.91 Å². The maximum atomic E-state index is 12.7. The third kappa shape index (κ3) is 5.40. The van der Waals surface area contributed by atoms with Crippen LogP contribution in [0.5, 0.6) is 0 Å². The average molecular weight is 453 g/mol. The topological polar surface area (TPSA) is 114 Å². The fraction of sp³-hybridized carbons (Fsp3) is 0.320. The Morgan fingerprint density at radius 2 is 1.64 bits per heavy atom. The van der Waals surface area contributed by atoms with Crippen LogP contribution in [0, 0.1) is 0 Å². The Morgan fingerprint density at radius 3 is 2.18 bits per heavy atom. The van der Waals surface area contributed by atoms with Crippen molar-refractivity contribution in [2.24, 2.45) is 0 Å². The highest BCUT2D eigenvalue weighted by Gasteiger charge is 2.36. The van der Waals surface area contributed by atoms with Gasteiger partial charge in [0.1, 0.15) is 12.1 Å². The summed E-state index contributed by atoms with van der Waals surface area (Å²) in [5, 5.41) is 14.1. The molecule has 3 N–H and O–H groups in total. The fourth-order valence-corrected chi connectivity index (χ4v) is 3.89. The van der Waals surface area contributed by atoms with E-state index in [0.717, 1.165) is 22.3 Å². The first-order valence-corrected chi connectivity index (χ1v) is 10.6. The number of alkyl carbamates (subject to hydrolysis) is 1. The predicted octanol–water partition coefficient (Wildman–Crippen LogP) is 3.08. The van der Waals surface area contributed by atoms with Crippen molar-refractivity contribution in [3.8, 4) is 11.1 Å². The highest BCUT2D eigenvalue weighted by molar-refractivity contribution is 5.90. The van der Waals surface area contributed by atoms with Crippen LogP contribution in [-0.4, -0.2) is 55.5 Å². The van der Waals surface area contributed by atoms with E-state index in [0.29, 0.717) is 0 Å². The maximum absolute atomic E-state index is 12.7. The SMILES string of the molecule is COCC(C)(NC(=O)OCC1c2ccccc2-c2ccccc21)C(=O)NC/C=C(\C)C(=O)O. The van der Waals surface area contributed by atoms with Crippen LogP contribution < -0.4 is 10.6 Å².